The van der Waals surface area contributed by atoms with E-state index in [0.29, 0.717) is 18.9 Å². The van der Waals surface area contributed by atoms with Crippen LogP contribution in [0.3, 0.4) is 0 Å². The third-order valence-corrected chi connectivity index (χ3v) is 6.04. The van der Waals surface area contributed by atoms with Gasteiger partial charge in [0.1, 0.15) is 5.82 Å². The Balaban J connectivity index is 1.39. The summed E-state index contributed by atoms with van der Waals surface area (Å²) < 4.78 is 0. The summed E-state index contributed by atoms with van der Waals surface area (Å²) >= 11 is 0. The minimum atomic E-state index is -0.417. The van der Waals surface area contributed by atoms with Gasteiger partial charge in [0.05, 0.1) is 0 Å². The topological polar surface area (TPSA) is 68.8 Å². The second-order valence-corrected chi connectivity index (χ2v) is 9.58. The molecule has 2 aliphatic heterocycles. The highest BCUT2D eigenvalue weighted by Crippen LogP contribution is 2.20. The van der Waals surface area contributed by atoms with E-state index in [-0.39, 0.29) is 11.8 Å². The molecule has 3 rings (SSSR count). The Morgan fingerprint density at radius 2 is 1.90 bits per heavy atom. The van der Waals surface area contributed by atoms with E-state index >= 15 is 0 Å². The molecule has 0 spiro atoms. The first-order valence-electron chi connectivity index (χ1n) is 11.3. The fourth-order valence-electron chi connectivity index (χ4n) is 4.21. The maximum absolute atomic E-state index is 12.6. The van der Waals surface area contributed by atoms with Gasteiger partial charge in [-0.3, -0.25) is 14.5 Å². The third-order valence-electron chi connectivity index (χ3n) is 6.04. The van der Waals surface area contributed by atoms with Crippen LogP contribution in [0.25, 0.3) is 0 Å². The number of hydrogen-bond donors (Lipinski definition) is 1. The van der Waals surface area contributed by atoms with Crippen LogP contribution in [0.1, 0.15) is 40.0 Å². The van der Waals surface area contributed by atoms with Gasteiger partial charge in [0.2, 0.25) is 11.8 Å². The summed E-state index contributed by atoms with van der Waals surface area (Å²) in [6, 6.07) is 6.06. The van der Waals surface area contributed by atoms with E-state index in [0.717, 1.165) is 58.1 Å². The molecule has 2 amide bonds. The number of carbonyl (C=O) groups is 2. The number of piperidine rings is 1. The highest BCUT2D eigenvalue weighted by Gasteiger charge is 2.27. The molecule has 0 radical (unpaired) electrons. The lowest BCUT2D eigenvalue weighted by atomic mass is 9.95. The molecule has 2 saturated heterocycles. The number of rotatable bonds is 6. The molecule has 0 aliphatic carbocycles. The number of aromatic nitrogens is 1. The normalized spacial score (nSPS) is 20.8. The number of nitrogens with zero attached hydrogens (tertiary/aromatic N) is 4. The molecule has 7 nitrogen and oxygen atoms in total. The molecule has 1 aromatic rings. The van der Waals surface area contributed by atoms with Crippen LogP contribution in [-0.2, 0) is 9.59 Å². The number of hydrogen-bond acceptors (Lipinski definition) is 5. The lowest BCUT2D eigenvalue weighted by Gasteiger charge is -2.39. The van der Waals surface area contributed by atoms with Crippen LogP contribution in [0.5, 0.6) is 0 Å². The number of carbonyl (C=O) groups excluding carboxylic acids is 2. The van der Waals surface area contributed by atoms with Gasteiger partial charge in [-0.15, -0.1) is 0 Å². The molecule has 0 saturated carbocycles. The van der Waals surface area contributed by atoms with Crippen molar-refractivity contribution in [2.45, 2.75) is 40.0 Å². The first-order valence-corrected chi connectivity index (χ1v) is 11.3. The predicted octanol–water partition coefficient (Wildman–Crippen LogP) is 1.99. The van der Waals surface area contributed by atoms with Gasteiger partial charge < -0.3 is 15.1 Å². The lowest BCUT2D eigenvalue weighted by molar-refractivity contribution is -0.133. The molecule has 2 aliphatic rings. The molecule has 0 aromatic carbocycles. The number of amides is 2. The van der Waals surface area contributed by atoms with Crippen molar-refractivity contribution in [3.05, 3.63) is 24.4 Å². The minimum Gasteiger partial charge on any atom is -0.355 e. The molecule has 30 heavy (non-hydrogen) atoms. The summed E-state index contributed by atoms with van der Waals surface area (Å²) in [4.78, 5) is 35.9. The Morgan fingerprint density at radius 1 is 1.13 bits per heavy atom. The van der Waals surface area contributed by atoms with E-state index in [4.69, 9.17) is 0 Å². The maximum atomic E-state index is 12.6. The number of anilines is 1. The number of pyridine rings is 1. The predicted molar refractivity (Wildman–Crippen MR) is 119 cm³/mol. The highest BCUT2D eigenvalue weighted by molar-refractivity contribution is 5.82. The minimum absolute atomic E-state index is 0.00309. The average molecular weight is 416 g/mol. The van der Waals surface area contributed by atoms with Gasteiger partial charge in [-0.1, -0.05) is 26.8 Å². The maximum Gasteiger partial charge on any atom is 0.225 e. The van der Waals surface area contributed by atoms with Gasteiger partial charge in [-0.05, 0) is 30.9 Å². The molecule has 166 valence electrons. The summed E-state index contributed by atoms with van der Waals surface area (Å²) in [6.07, 6.45) is 4.49. The van der Waals surface area contributed by atoms with Crippen molar-refractivity contribution in [1.29, 1.82) is 0 Å². The van der Waals surface area contributed by atoms with Crippen molar-refractivity contribution in [1.82, 2.24) is 20.1 Å². The Kier molecular flexibility index (Phi) is 7.69. The first kappa shape index (κ1) is 22.5. The zero-order valence-electron chi connectivity index (χ0n) is 18.8. The van der Waals surface area contributed by atoms with Crippen LogP contribution in [0.4, 0.5) is 5.82 Å². The summed E-state index contributed by atoms with van der Waals surface area (Å²) in [5.41, 5.74) is -0.417. The van der Waals surface area contributed by atoms with Gasteiger partial charge in [0, 0.05) is 70.4 Å². The van der Waals surface area contributed by atoms with Crippen molar-refractivity contribution in [3.63, 3.8) is 0 Å². The molecule has 1 aromatic heterocycles. The van der Waals surface area contributed by atoms with Gasteiger partial charge in [-0.25, -0.2) is 4.98 Å². The first-order chi connectivity index (χ1) is 14.3. The van der Waals surface area contributed by atoms with Crippen LogP contribution in [-0.4, -0.2) is 79.0 Å². The number of piperazine rings is 1. The Hall–Kier alpha value is -2.15. The van der Waals surface area contributed by atoms with Crippen molar-refractivity contribution in [2.24, 2.45) is 11.3 Å². The Morgan fingerprint density at radius 3 is 2.57 bits per heavy atom. The number of likely N-dealkylation sites (tertiary alicyclic amines) is 1. The van der Waals surface area contributed by atoms with E-state index in [2.05, 4.69) is 26.2 Å². The van der Waals surface area contributed by atoms with Crippen molar-refractivity contribution >= 4 is 17.6 Å². The van der Waals surface area contributed by atoms with Crippen molar-refractivity contribution in [3.8, 4) is 0 Å². The molecule has 1 unspecified atom stereocenters. The SMILES string of the molecule is CC(C)(C)C(=O)NCCC(=O)N1CCCC(CN2CCN(c3ccccn3)CC2)C1. The summed E-state index contributed by atoms with van der Waals surface area (Å²) in [5.74, 6) is 1.75. The fraction of sp³-hybridized carbons (Fsp3) is 0.696. The van der Waals surface area contributed by atoms with Crippen molar-refractivity contribution in [2.75, 3.05) is 57.3 Å². The summed E-state index contributed by atoms with van der Waals surface area (Å²) in [6.45, 7) is 12.9. The molecule has 3 heterocycles. The lowest BCUT2D eigenvalue weighted by Crippen LogP contribution is -2.50. The molecular weight excluding hydrogens is 378 g/mol. The molecule has 1 atom stereocenters. The van der Waals surface area contributed by atoms with Gasteiger partial charge in [-0.2, -0.15) is 0 Å². The van der Waals surface area contributed by atoms with Crippen LogP contribution in [0.15, 0.2) is 24.4 Å². The van der Waals surface area contributed by atoms with Gasteiger partial charge >= 0.3 is 0 Å². The largest absolute Gasteiger partial charge is 0.355 e. The summed E-state index contributed by atoms with van der Waals surface area (Å²) in [5, 5.41) is 2.88. The second kappa shape index (κ2) is 10.2. The standard InChI is InChI=1S/C23H37N5O2/c1-23(2,3)22(30)25-11-9-21(29)28-12-6-7-19(18-28)17-26-13-15-27(16-14-26)20-8-4-5-10-24-20/h4-5,8,10,19H,6-7,9,11-18H2,1-3H3,(H,25,30). The van der Waals surface area contributed by atoms with Gasteiger partial charge in [0.15, 0.2) is 0 Å². The quantitative estimate of drug-likeness (QED) is 0.770. The third kappa shape index (κ3) is 6.42. The van der Waals surface area contributed by atoms with Crippen LogP contribution >= 0.6 is 0 Å². The smallest absolute Gasteiger partial charge is 0.225 e. The highest BCUT2D eigenvalue weighted by atomic mass is 16.2. The molecule has 7 heteroatoms. The van der Waals surface area contributed by atoms with E-state index in [1.807, 2.05) is 44.0 Å². The molecular formula is C23H37N5O2. The zero-order chi connectivity index (χ0) is 21.6. The van der Waals surface area contributed by atoms with E-state index in [1.54, 1.807) is 0 Å². The van der Waals surface area contributed by atoms with Crippen molar-refractivity contribution < 1.29 is 9.59 Å². The van der Waals surface area contributed by atoms with Gasteiger partial charge in [0.25, 0.3) is 0 Å². The number of nitrogens with one attached hydrogen (secondary N) is 1. The zero-order valence-corrected chi connectivity index (χ0v) is 18.8. The second-order valence-electron chi connectivity index (χ2n) is 9.58. The summed E-state index contributed by atoms with van der Waals surface area (Å²) in [7, 11) is 0. The Labute approximate surface area is 180 Å². The molecule has 2 fully saturated rings. The Bertz CT molecular complexity index is 695. The monoisotopic (exact) mass is 415 g/mol. The van der Waals surface area contributed by atoms with Crippen LogP contribution in [0.2, 0.25) is 0 Å². The fourth-order valence-corrected chi connectivity index (χ4v) is 4.21. The van der Waals surface area contributed by atoms with E-state index in [9.17, 15) is 9.59 Å². The van der Waals surface area contributed by atoms with Crippen LogP contribution < -0.4 is 10.2 Å². The van der Waals surface area contributed by atoms with E-state index in [1.165, 1.54) is 6.42 Å². The molecule has 0 bridgehead atoms. The van der Waals surface area contributed by atoms with E-state index < -0.39 is 5.41 Å². The molecule has 1 N–H and O–H groups in total. The van der Waals surface area contributed by atoms with Crippen LogP contribution in [0, 0.1) is 11.3 Å². The average Bonchev–Trinajstić information content (AvgIpc) is 2.74.